The summed E-state index contributed by atoms with van der Waals surface area (Å²) in [6.07, 6.45) is 2.69. The van der Waals surface area contributed by atoms with Gasteiger partial charge in [0.25, 0.3) is 0 Å². The maximum Gasteiger partial charge on any atom is 0.222 e. The molecule has 0 bridgehead atoms. The second-order valence-corrected chi connectivity index (χ2v) is 5.30. The Labute approximate surface area is 113 Å². The van der Waals surface area contributed by atoms with Crippen LogP contribution in [0.3, 0.4) is 0 Å². The molecule has 0 spiro atoms. The Morgan fingerprint density at radius 2 is 2.37 bits per heavy atom. The molecule has 19 heavy (non-hydrogen) atoms. The number of benzene rings is 1. The lowest BCUT2D eigenvalue weighted by atomic mass is 10.1. The van der Waals surface area contributed by atoms with Crippen molar-refractivity contribution in [3.63, 3.8) is 0 Å². The van der Waals surface area contributed by atoms with Gasteiger partial charge < -0.3 is 10.6 Å². The van der Waals surface area contributed by atoms with Crippen LogP contribution in [0.4, 0.5) is 4.39 Å². The molecule has 1 fully saturated rings. The van der Waals surface area contributed by atoms with Crippen LogP contribution < -0.4 is 10.6 Å². The van der Waals surface area contributed by atoms with Gasteiger partial charge >= 0.3 is 0 Å². The van der Waals surface area contributed by atoms with Gasteiger partial charge in [-0.05, 0) is 50.4 Å². The molecule has 1 aromatic rings. The van der Waals surface area contributed by atoms with Gasteiger partial charge in [-0.25, -0.2) is 4.39 Å². The van der Waals surface area contributed by atoms with E-state index in [0.717, 1.165) is 24.9 Å². The fraction of sp³-hybridized carbons (Fsp3) is 0.533. The van der Waals surface area contributed by atoms with E-state index < -0.39 is 0 Å². The van der Waals surface area contributed by atoms with E-state index in [-0.39, 0.29) is 17.8 Å². The summed E-state index contributed by atoms with van der Waals surface area (Å²) in [5, 5.41) is 6.22. The number of rotatable bonds is 4. The summed E-state index contributed by atoms with van der Waals surface area (Å²) >= 11 is 0. The molecule has 1 aliphatic rings. The first-order chi connectivity index (χ1) is 9.06. The maximum atomic E-state index is 13.5. The third-order valence-corrected chi connectivity index (χ3v) is 3.67. The van der Waals surface area contributed by atoms with Crippen LogP contribution in [-0.4, -0.2) is 18.5 Å². The van der Waals surface area contributed by atoms with Crippen LogP contribution in [0.25, 0.3) is 0 Å². The van der Waals surface area contributed by atoms with Gasteiger partial charge in [-0.3, -0.25) is 4.79 Å². The Balaban J connectivity index is 1.90. The molecular weight excluding hydrogens is 243 g/mol. The molecule has 2 atom stereocenters. The standard InChI is InChI=1S/C15H21FN2O/c1-10-5-6-12(8-14(10)16)11(2)18-15(19)9-13-4-3-7-17-13/h5-6,8,11,13,17H,3-4,7,9H2,1-2H3,(H,18,19). The third kappa shape index (κ3) is 3.77. The number of aryl methyl sites for hydroxylation is 1. The normalized spacial score (nSPS) is 20.3. The van der Waals surface area contributed by atoms with Crippen LogP contribution >= 0.6 is 0 Å². The molecular formula is C15H21FN2O. The lowest BCUT2D eigenvalue weighted by Crippen LogP contribution is -2.33. The average Bonchev–Trinajstić information content (AvgIpc) is 2.85. The van der Waals surface area contributed by atoms with Crippen molar-refractivity contribution in [1.82, 2.24) is 10.6 Å². The highest BCUT2D eigenvalue weighted by Crippen LogP contribution is 2.17. The van der Waals surface area contributed by atoms with Gasteiger partial charge in [0.15, 0.2) is 0 Å². The first-order valence-corrected chi connectivity index (χ1v) is 6.85. The zero-order valence-corrected chi connectivity index (χ0v) is 11.5. The molecule has 0 saturated carbocycles. The first-order valence-electron chi connectivity index (χ1n) is 6.85. The predicted octanol–water partition coefficient (Wildman–Crippen LogP) is 2.45. The molecule has 1 amide bonds. The van der Waals surface area contributed by atoms with Crippen molar-refractivity contribution in [2.45, 2.75) is 45.2 Å². The Kier molecular flexibility index (Phi) is 4.53. The van der Waals surface area contributed by atoms with E-state index in [1.54, 1.807) is 13.0 Å². The molecule has 1 heterocycles. The summed E-state index contributed by atoms with van der Waals surface area (Å²) in [7, 11) is 0. The highest BCUT2D eigenvalue weighted by molar-refractivity contribution is 5.77. The summed E-state index contributed by atoms with van der Waals surface area (Å²) in [6.45, 7) is 4.61. The Hall–Kier alpha value is -1.42. The zero-order valence-electron chi connectivity index (χ0n) is 11.5. The quantitative estimate of drug-likeness (QED) is 0.877. The topological polar surface area (TPSA) is 41.1 Å². The summed E-state index contributed by atoms with van der Waals surface area (Å²) in [4.78, 5) is 11.9. The van der Waals surface area contributed by atoms with Crippen molar-refractivity contribution in [3.05, 3.63) is 35.1 Å². The van der Waals surface area contributed by atoms with Crippen molar-refractivity contribution in [2.75, 3.05) is 6.54 Å². The average molecular weight is 264 g/mol. The van der Waals surface area contributed by atoms with Gasteiger partial charge in [-0.1, -0.05) is 12.1 Å². The molecule has 4 heteroatoms. The SMILES string of the molecule is Cc1ccc(C(C)NC(=O)CC2CCCN2)cc1F. The number of hydrogen-bond donors (Lipinski definition) is 2. The van der Waals surface area contributed by atoms with E-state index >= 15 is 0 Å². The van der Waals surface area contributed by atoms with Crippen molar-refractivity contribution in [3.8, 4) is 0 Å². The number of carbonyl (C=O) groups is 1. The smallest absolute Gasteiger partial charge is 0.222 e. The summed E-state index contributed by atoms with van der Waals surface area (Å²) in [5.74, 6) is -0.205. The van der Waals surface area contributed by atoms with Crippen molar-refractivity contribution >= 4 is 5.91 Å². The molecule has 0 aromatic heterocycles. The van der Waals surface area contributed by atoms with Crippen LogP contribution in [-0.2, 0) is 4.79 Å². The highest BCUT2D eigenvalue weighted by Gasteiger charge is 2.19. The van der Waals surface area contributed by atoms with Gasteiger partial charge in [0.1, 0.15) is 5.82 Å². The molecule has 1 aromatic carbocycles. The third-order valence-electron chi connectivity index (χ3n) is 3.67. The molecule has 2 unspecified atom stereocenters. The van der Waals surface area contributed by atoms with Gasteiger partial charge in [0, 0.05) is 12.5 Å². The Bertz CT molecular complexity index is 455. The van der Waals surface area contributed by atoms with Gasteiger partial charge in [0.2, 0.25) is 5.91 Å². The van der Waals surface area contributed by atoms with Crippen LogP contribution in [0, 0.1) is 12.7 Å². The summed E-state index contributed by atoms with van der Waals surface area (Å²) < 4.78 is 13.5. The number of carbonyl (C=O) groups excluding carboxylic acids is 1. The summed E-state index contributed by atoms with van der Waals surface area (Å²) in [5.41, 5.74) is 1.42. The van der Waals surface area contributed by atoms with E-state index in [1.165, 1.54) is 6.07 Å². The molecule has 1 saturated heterocycles. The largest absolute Gasteiger partial charge is 0.350 e. The van der Waals surface area contributed by atoms with E-state index in [0.29, 0.717) is 18.0 Å². The van der Waals surface area contributed by atoms with Crippen LogP contribution in [0.5, 0.6) is 0 Å². The minimum atomic E-state index is -0.226. The zero-order chi connectivity index (χ0) is 13.8. The van der Waals surface area contributed by atoms with E-state index in [2.05, 4.69) is 10.6 Å². The van der Waals surface area contributed by atoms with Crippen LogP contribution in [0.2, 0.25) is 0 Å². The fourth-order valence-corrected chi connectivity index (χ4v) is 2.42. The molecule has 2 rings (SSSR count). The summed E-state index contributed by atoms with van der Waals surface area (Å²) in [6, 6.07) is 5.22. The van der Waals surface area contributed by atoms with Crippen molar-refractivity contribution in [2.24, 2.45) is 0 Å². The molecule has 104 valence electrons. The van der Waals surface area contributed by atoms with E-state index in [4.69, 9.17) is 0 Å². The first kappa shape index (κ1) is 14.0. The minimum absolute atomic E-state index is 0.0212. The van der Waals surface area contributed by atoms with Gasteiger partial charge in [0.05, 0.1) is 6.04 Å². The van der Waals surface area contributed by atoms with E-state index in [1.807, 2.05) is 13.0 Å². The van der Waals surface area contributed by atoms with Crippen molar-refractivity contribution in [1.29, 1.82) is 0 Å². The van der Waals surface area contributed by atoms with Crippen LogP contribution in [0.1, 0.15) is 43.4 Å². The monoisotopic (exact) mass is 264 g/mol. The maximum absolute atomic E-state index is 13.5. The number of amides is 1. The lowest BCUT2D eigenvalue weighted by Gasteiger charge is -2.17. The number of hydrogen-bond acceptors (Lipinski definition) is 2. The van der Waals surface area contributed by atoms with Gasteiger partial charge in [-0.15, -0.1) is 0 Å². The molecule has 1 aliphatic heterocycles. The minimum Gasteiger partial charge on any atom is -0.350 e. The molecule has 0 radical (unpaired) electrons. The molecule has 3 nitrogen and oxygen atoms in total. The lowest BCUT2D eigenvalue weighted by molar-refractivity contribution is -0.122. The van der Waals surface area contributed by atoms with Crippen LogP contribution in [0.15, 0.2) is 18.2 Å². The van der Waals surface area contributed by atoms with Gasteiger partial charge in [-0.2, -0.15) is 0 Å². The second kappa shape index (κ2) is 6.15. The fourth-order valence-electron chi connectivity index (χ4n) is 2.42. The Morgan fingerprint density at radius 1 is 1.58 bits per heavy atom. The number of nitrogens with one attached hydrogen (secondary N) is 2. The molecule has 0 aliphatic carbocycles. The molecule has 2 N–H and O–H groups in total. The predicted molar refractivity (Wildman–Crippen MR) is 73.3 cm³/mol. The Morgan fingerprint density at radius 3 is 3.00 bits per heavy atom. The highest BCUT2D eigenvalue weighted by atomic mass is 19.1. The van der Waals surface area contributed by atoms with E-state index in [9.17, 15) is 9.18 Å². The van der Waals surface area contributed by atoms with Crippen molar-refractivity contribution < 1.29 is 9.18 Å². The second-order valence-electron chi connectivity index (χ2n) is 5.30. The number of halogens is 1.